The molecule has 1 aromatic heterocycles. The number of pyridine rings is 1. The lowest BCUT2D eigenvalue weighted by molar-refractivity contribution is -0.140. The molecule has 1 amide bonds. The van der Waals surface area contributed by atoms with Gasteiger partial charge in [-0.1, -0.05) is 36.4 Å². The van der Waals surface area contributed by atoms with Gasteiger partial charge in [-0.3, -0.25) is 14.5 Å². The van der Waals surface area contributed by atoms with E-state index in [0.717, 1.165) is 17.3 Å². The highest BCUT2D eigenvalue weighted by Gasteiger charge is 2.37. The molecule has 2 heterocycles. The predicted molar refractivity (Wildman–Crippen MR) is 117 cm³/mol. The number of nitrogens with one attached hydrogen (secondary N) is 1. The van der Waals surface area contributed by atoms with Gasteiger partial charge in [0.05, 0.1) is 4.91 Å². The van der Waals surface area contributed by atoms with Crippen molar-refractivity contribution in [2.75, 3.05) is 0 Å². The lowest BCUT2D eigenvalue weighted by atomic mass is 9.95. The molecule has 0 bridgehead atoms. The molecule has 2 unspecified atom stereocenters. The molecule has 0 spiro atoms. The minimum atomic E-state index is -4.55. The second-order valence-electron chi connectivity index (χ2n) is 7.68. The van der Waals surface area contributed by atoms with Gasteiger partial charge in [0.25, 0.3) is 5.91 Å². The Morgan fingerprint density at radius 3 is 2.48 bits per heavy atom. The standard InChI is InChI=1S/C24H17F3N2O3S/c25-24(26,27)23-19(5-2-12-28-23)16-3-1-4-18-17(16)10-11-20(18)32-15-8-6-14(7-9-15)21-13-22(30)29-33(21)31/h1-9,12-13,20H,10-11H2,(H,29,30). The second-order valence-corrected chi connectivity index (χ2v) is 8.87. The molecule has 2 atom stereocenters. The lowest BCUT2D eigenvalue weighted by Crippen LogP contribution is -2.16. The number of fused-ring (bicyclic) bond motifs is 1. The van der Waals surface area contributed by atoms with Gasteiger partial charge in [-0.15, -0.1) is 0 Å². The maximum atomic E-state index is 13.5. The summed E-state index contributed by atoms with van der Waals surface area (Å²) in [6.07, 6.45) is -1.19. The average Bonchev–Trinajstić information content (AvgIpc) is 3.36. The van der Waals surface area contributed by atoms with Crippen LogP contribution in [0.2, 0.25) is 0 Å². The van der Waals surface area contributed by atoms with Crippen molar-refractivity contribution < 1.29 is 26.9 Å². The van der Waals surface area contributed by atoms with Gasteiger partial charge in [-0.25, -0.2) is 4.21 Å². The zero-order valence-corrected chi connectivity index (χ0v) is 17.9. The van der Waals surface area contributed by atoms with Crippen LogP contribution >= 0.6 is 0 Å². The monoisotopic (exact) mass is 470 g/mol. The second kappa shape index (κ2) is 8.15. The number of ether oxygens (including phenoxy) is 1. The molecule has 5 rings (SSSR count). The molecule has 9 heteroatoms. The molecule has 0 saturated carbocycles. The Morgan fingerprint density at radius 1 is 1.03 bits per heavy atom. The molecular weight excluding hydrogens is 453 g/mol. The number of rotatable bonds is 4. The van der Waals surface area contributed by atoms with Crippen LogP contribution in [0.1, 0.15) is 34.9 Å². The maximum Gasteiger partial charge on any atom is 0.433 e. The van der Waals surface area contributed by atoms with Gasteiger partial charge in [-0.05, 0) is 53.3 Å². The molecule has 5 nitrogen and oxygen atoms in total. The van der Waals surface area contributed by atoms with Crippen molar-refractivity contribution in [3.63, 3.8) is 0 Å². The van der Waals surface area contributed by atoms with E-state index >= 15 is 0 Å². The first-order chi connectivity index (χ1) is 15.8. The van der Waals surface area contributed by atoms with Gasteiger partial charge in [0.1, 0.15) is 11.9 Å². The minimum Gasteiger partial charge on any atom is -0.486 e. The highest BCUT2D eigenvalue weighted by molar-refractivity contribution is 7.93. The van der Waals surface area contributed by atoms with Crippen molar-refractivity contribution in [3.05, 3.63) is 89.3 Å². The highest BCUT2D eigenvalue weighted by atomic mass is 32.2. The van der Waals surface area contributed by atoms with Crippen LogP contribution in [0.4, 0.5) is 13.2 Å². The van der Waals surface area contributed by atoms with E-state index in [1.54, 1.807) is 36.4 Å². The van der Waals surface area contributed by atoms with E-state index in [4.69, 9.17) is 4.74 Å². The summed E-state index contributed by atoms with van der Waals surface area (Å²) < 4.78 is 60.9. The molecule has 168 valence electrons. The Balaban J connectivity index is 1.42. The zero-order chi connectivity index (χ0) is 23.2. The number of carbonyl (C=O) groups is 1. The molecule has 0 radical (unpaired) electrons. The Morgan fingerprint density at radius 2 is 1.79 bits per heavy atom. The minimum absolute atomic E-state index is 0.0628. The van der Waals surface area contributed by atoms with Gasteiger partial charge in [0, 0.05) is 17.8 Å². The van der Waals surface area contributed by atoms with Crippen molar-refractivity contribution in [1.29, 1.82) is 0 Å². The fourth-order valence-corrected chi connectivity index (χ4v) is 5.16. The SMILES string of the molecule is O=C1C=C(c2ccc(OC3CCc4c(-c5cccnc5C(F)(F)F)cccc43)cc2)S(=O)N1. The number of nitrogens with zero attached hydrogens (tertiary/aromatic N) is 1. The van der Waals surface area contributed by atoms with Crippen LogP contribution in [-0.4, -0.2) is 15.1 Å². The number of alkyl halides is 3. The Kier molecular flexibility index (Phi) is 5.28. The molecular formula is C24H17F3N2O3S. The number of hydrogen-bond donors (Lipinski definition) is 1. The lowest BCUT2D eigenvalue weighted by Gasteiger charge is -2.17. The molecule has 0 fully saturated rings. The van der Waals surface area contributed by atoms with Gasteiger partial charge >= 0.3 is 6.18 Å². The molecule has 3 aromatic rings. The fourth-order valence-electron chi connectivity index (χ4n) is 4.24. The number of halogens is 3. The Hall–Kier alpha value is -3.46. The van der Waals surface area contributed by atoms with Crippen molar-refractivity contribution in [3.8, 4) is 16.9 Å². The third-order valence-electron chi connectivity index (χ3n) is 5.65. The molecule has 1 N–H and O–H groups in total. The smallest absolute Gasteiger partial charge is 0.433 e. The van der Waals surface area contributed by atoms with Crippen LogP contribution in [0.15, 0.2) is 66.9 Å². The third-order valence-corrected chi connectivity index (χ3v) is 6.79. The van der Waals surface area contributed by atoms with E-state index < -0.39 is 28.8 Å². The van der Waals surface area contributed by atoms with E-state index in [-0.39, 0.29) is 11.7 Å². The van der Waals surface area contributed by atoms with Gasteiger partial charge in [-0.2, -0.15) is 13.2 Å². The molecule has 33 heavy (non-hydrogen) atoms. The van der Waals surface area contributed by atoms with Crippen LogP contribution in [0.3, 0.4) is 0 Å². The molecule has 1 aliphatic carbocycles. The summed E-state index contributed by atoms with van der Waals surface area (Å²) >= 11 is 0. The van der Waals surface area contributed by atoms with Crippen LogP contribution in [0.5, 0.6) is 5.75 Å². The average molecular weight is 470 g/mol. The van der Waals surface area contributed by atoms with Gasteiger partial charge < -0.3 is 4.74 Å². The summed E-state index contributed by atoms with van der Waals surface area (Å²) in [5, 5.41) is 0. The Labute approximate surface area is 189 Å². The van der Waals surface area contributed by atoms with E-state index in [2.05, 4.69) is 9.71 Å². The zero-order valence-electron chi connectivity index (χ0n) is 17.1. The molecule has 0 saturated heterocycles. The summed E-state index contributed by atoms with van der Waals surface area (Å²) in [7, 11) is -1.58. The highest BCUT2D eigenvalue weighted by Crippen LogP contribution is 2.43. The maximum absolute atomic E-state index is 13.5. The third kappa shape index (κ3) is 4.04. The number of amides is 1. The van der Waals surface area contributed by atoms with Crippen molar-refractivity contribution in [1.82, 2.24) is 9.71 Å². The number of benzene rings is 2. The molecule has 2 aromatic carbocycles. The summed E-state index contributed by atoms with van der Waals surface area (Å²) in [6, 6.07) is 15.1. The first-order valence-corrected chi connectivity index (χ1v) is 11.3. The van der Waals surface area contributed by atoms with Crippen LogP contribution in [0, 0.1) is 0 Å². The van der Waals surface area contributed by atoms with Crippen molar-refractivity contribution in [2.45, 2.75) is 25.1 Å². The molecule has 2 aliphatic rings. The number of hydrogen-bond acceptors (Lipinski definition) is 4. The summed E-state index contributed by atoms with van der Waals surface area (Å²) in [4.78, 5) is 15.4. The largest absolute Gasteiger partial charge is 0.486 e. The van der Waals surface area contributed by atoms with Gasteiger partial charge in [0.2, 0.25) is 0 Å². The topological polar surface area (TPSA) is 68.3 Å². The van der Waals surface area contributed by atoms with Crippen LogP contribution in [0.25, 0.3) is 16.0 Å². The molecule has 1 aliphatic heterocycles. The van der Waals surface area contributed by atoms with Crippen LogP contribution in [-0.2, 0) is 28.4 Å². The van der Waals surface area contributed by atoms with Crippen LogP contribution < -0.4 is 9.46 Å². The number of aromatic nitrogens is 1. The van der Waals surface area contributed by atoms with E-state index in [1.807, 2.05) is 6.07 Å². The quantitative estimate of drug-likeness (QED) is 0.585. The Bertz CT molecular complexity index is 1300. The van der Waals surface area contributed by atoms with E-state index in [0.29, 0.717) is 34.6 Å². The fraction of sp³-hybridized carbons (Fsp3) is 0.167. The van der Waals surface area contributed by atoms with Crippen molar-refractivity contribution in [2.24, 2.45) is 0 Å². The number of carbonyl (C=O) groups excluding carboxylic acids is 1. The van der Waals surface area contributed by atoms with Crippen molar-refractivity contribution >= 4 is 21.8 Å². The summed E-state index contributed by atoms with van der Waals surface area (Å²) in [5.74, 6) is 0.173. The summed E-state index contributed by atoms with van der Waals surface area (Å²) in [5.41, 5.74) is 2.00. The normalized spacial score (nSPS) is 19.7. The first kappa shape index (κ1) is 21.4. The summed E-state index contributed by atoms with van der Waals surface area (Å²) in [6.45, 7) is 0. The van der Waals surface area contributed by atoms with E-state index in [9.17, 15) is 22.2 Å². The first-order valence-electron chi connectivity index (χ1n) is 10.2. The van der Waals surface area contributed by atoms with E-state index in [1.165, 1.54) is 18.2 Å². The predicted octanol–water partition coefficient (Wildman–Crippen LogP) is 4.97. The van der Waals surface area contributed by atoms with Gasteiger partial charge in [0.15, 0.2) is 16.7 Å².